The van der Waals surface area contributed by atoms with Gasteiger partial charge >= 0.3 is 5.97 Å². The monoisotopic (exact) mass is 307 g/mol. The molecule has 0 aliphatic heterocycles. The summed E-state index contributed by atoms with van der Waals surface area (Å²) in [6.07, 6.45) is 0. The highest BCUT2D eigenvalue weighted by molar-refractivity contribution is 7.18. The van der Waals surface area contributed by atoms with Crippen LogP contribution in [0.2, 0.25) is 0 Å². The summed E-state index contributed by atoms with van der Waals surface area (Å²) in [5.41, 5.74) is 8.37. The Bertz CT molecular complexity index is 647. The largest absolute Gasteiger partial charge is 0.462 e. The van der Waals surface area contributed by atoms with Gasteiger partial charge in [-0.2, -0.15) is 0 Å². The predicted molar refractivity (Wildman–Crippen MR) is 84.2 cm³/mol. The normalized spacial score (nSPS) is 10.9. The molecule has 0 radical (unpaired) electrons. The fraction of sp³-hybridized carbons (Fsp3) is 0.312. The average Bonchev–Trinajstić information content (AvgIpc) is 2.77. The fourth-order valence-corrected chi connectivity index (χ4v) is 3.47. The number of hydrogen-bond donors (Lipinski definition) is 1. The van der Waals surface area contributed by atoms with Crippen molar-refractivity contribution in [3.8, 4) is 10.4 Å². The molecule has 0 amide bonds. The highest BCUT2D eigenvalue weighted by Gasteiger charge is 2.24. The van der Waals surface area contributed by atoms with E-state index in [1.54, 1.807) is 19.1 Å². The van der Waals surface area contributed by atoms with E-state index in [1.165, 1.54) is 23.5 Å². The summed E-state index contributed by atoms with van der Waals surface area (Å²) in [5, 5.41) is 0. The van der Waals surface area contributed by atoms with Crippen LogP contribution >= 0.6 is 11.3 Å². The van der Waals surface area contributed by atoms with Crippen LogP contribution in [0.15, 0.2) is 24.3 Å². The lowest BCUT2D eigenvalue weighted by atomic mass is 9.98. The lowest BCUT2D eigenvalue weighted by Crippen LogP contribution is -2.06. The van der Waals surface area contributed by atoms with Crippen LogP contribution in [0, 0.1) is 5.82 Å². The number of benzene rings is 1. The van der Waals surface area contributed by atoms with E-state index in [0.717, 1.165) is 16.0 Å². The van der Waals surface area contributed by atoms with Crippen LogP contribution in [0.25, 0.3) is 10.4 Å². The first-order valence-corrected chi connectivity index (χ1v) is 7.62. The standard InChI is InChI=1S/C16H18FNO2S/c1-4-20-16(19)15-13(18)12(9(2)3)14(21-15)10-5-7-11(17)8-6-10/h5-9H,4,18H2,1-3H3. The summed E-state index contributed by atoms with van der Waals surface area (Å²) in [4.78, 5) is 13.3. The zero-order valence-corrected chi connectivity index (χ0v) is 13.1. The van der Waals surface area contributed by atoms with Crippen molar-refractivity contribution in [2.24, 2.45) is 0 Å². The molecule has 1 heterocycles. The Hall–Kier alpha value is -1.88. The van der Waals surface area contributed by atoms with Crippen LogP contribution in [0.4, 0.5) is 10.1 Å². The highest BCUT2D eigenvalue weighted by atomic mass is 32.1. The van der Waals surface area contributed by atoms with Crippen molar-refractivity contribution in [1.29, 1.82) is 0 Å². The molecule has 1 aromatic carbocycles. The van der Waals surface area contributed by atoms with Crippen molar-refractivity contribution in [3.05, 3.63) is 40.5 Å². The van der Waals surface area contributed by atoms with Crippen molar-refractivity contribution >= 4 is 23.0 Å². The number of ether oxygens (including phenoxy) is 1. The molecule has 3 nitrogen and oxygen atoms in total. The molecular weight excluding hydrogens is 289 g/mol. The fourth-order valence-electron chi connectivity index (χ4n) is 2.19. The smallest absolute Gasteiger partial charge is 0.350 e. The van der Waals surface area contributed by atoms with E-state index in [9.17, 15) is 9.18 Å². The number of hydrogen-bond acceptors (Lipinski definition) is 4. The first kappa shape index (κ1) is 15.5. The van der Waals surface area contributed by atoms with Gasteiger partial charge in [-0.25, -0.2) is 9.18 Å². The Labute approximate surface area is 127 Å². The number of nitrogen functional groups attached to an aromatic ring is 1. The van der Waals surface area contributed by atoms with E-state index in [1.807, 2.05) is 13.8 Å². The van der Waals surface area contributed by atoms with Gasteiger partial charge in [0, 0.05) is 4.88 Å². The number of halogens is 1. The minimum absolute atomic E-state index is 0.157. The van der Waals surface area contributed by atoms with Gasteiger partial charge in [0.1, 0.15) is 10.7 Å². The van der Waals surface area contributed by atoms with E-state index in [0.29, 0.717) is 17.2 Å². The van der Waals surface area contributed by atoms with Crippen LogP contribution in [0.5, 0.6) is 0 Å². The molecule has 21 heavy (non-hydrogen) atoms. The number of nitrogens with two attached hydrogens (primary N) is 1. The molecule has 0 unspecified atom stereocenters. The van der Waals surface area contributed by atoms with Gasteiger partial charge in [0.25, 0.3) is 0 Å². The number of esters is 1. The lowest BCUT2D eigenvalue weighted by Gasteiger charge is -2.09. The first-order chi connectivity index (χ1) is 9.95. The van der Waals surface area contributed by atoms with Gasteiger partial charge < -0.3 is 10.5 Å². The summed E-state index contributed by atoms with van der Waals surface area (Å²) in [6.45, 7) is 6.09. The minimum Gasteiger partial charge on any atom is -0.462 e. The molecule has 0 saturated heterocycles. The zero-order valence-electron chi connectivity index (χ0n) is 12.3. The Morgan fingerprint density at radius 2 is 1.95 bits per heavy atom. The molecule has 5 heteroatoms. The van der Waals surface area contributed by atoms with Crippen molar-refractivity contribution in [2.75, 3.05) is 12.3 Å². The molecule has 0 aliphatic carbocycles. The third-order valence-electron chi connectivity index (χ3n) is 3.13. The first-order valence-electron chi connectivity index (χ1n) is 6.80. The molecule has 0 fully saturated rings. The predicted octanol–water partition coefficient (Wildman–Crippen LogP) is 4.44. The molecule has 0 atom stereocenters. The lowest BCUT2D eigenvalue weighted by molar-refractivity contribution is 0.0533. The number of thiophene rings is 1. The maximum Gasteiger partial charge on any atom is 0.350 e. The van der Waals surface area contributed by atoms with Gasteiger partial charge in [0.2, 0.25) is 0 Å². The zero-order chi connectivity index (χ0) is 15.6. The summed E-state index contributed by atoms with van der Waals surface area (Å²) < 4.78 is 18.1. The molecule has 112 valence electrons. The van der Waals surface area contributed by atoms with E-state index in [-0.39, 0.29) is 11.7 Å². The average molecular weight is 307 g/mol. The maximum atomic E-state index is 13.1. The Morgan fingerprint density at radius 3 is 2.48 bits per heavy atom. The quantitative estimate of drug-likeness (QED) is 0.850. The second kappa shape index (κ2) is 6.26. The molecule has 2 rings (SSSR count). The van der Waals surface area contributed by atoms with E-state index in [4.69, 9.17) is 10.5 Å². The second-order valence-electron chi connectivity index (χ2n) is 4.97. The topological polar surface area (TPSA) is 52.3 Å². The molecule has 2 aromatic rings. The van der Waals surface area contributed by atoms with Crippen LogP contribution in [-0.2, 0) is 4.74 Å². The van der Waals surface area contributed by atoms with Crippen molar-refractivity contribution in [3.63, 3.8) is 0 Å². The number of anilines is 1. The molecule has 0 saturated carbocycles. The third-order valence-corrected chi connectivity index (χ3v) is 4.38. The summed E-state index contributed by atoms with van der Waals surface area (Å²) in [5.74, 6) is -0.542. The van der Waals surface area contributed by atoms with E-state index >= 15 is 0 Å². The molecule has 0 bridgehead atoms. The maximum absolute atomic E-state index is 13.1. The van der Waals surface area contributed by atoms with Crippen molar-refractivity contribution in [2.45, 2.75) is 26.7 Å². The van der Waals surface area contributed by atoms with Gasteiger partial charge in [-0.3, -0.25) is 0 Å². The third kappa shape index (κ3) is 3.08. The molecule has 2 N–H and O–H groups in total. The Kier molecular flexibility index (Phi) is 4.63. The van der Waals surface area contributed by atoms with Crippen LogP contribution in [-0.4, -0.2) is 12.6 Å². The SMILES string of the molecule is CCOC(=O)c1sc(-c2ccc(F)cc2)c(C(C)C)c1N. The van der Waals surface area contributed by atoms with E-state index < -0.39 is 5.97 Å². The van der Waals surface area contributed by atoms with Gasteiger partial charge in [-0.05, 0) is 36.1 Å². The second-order valence-corrected chi connectivity index (χ2v) is 5.99. The summed E-state index contributed by atoms with van der Waals surface area (Å²) in [7, 11) is 0. The molecular formula is C16H18FNO2S. The highest BCUT2D eigenvalue weighted by Crippen LogP contribution is 2.42. The molecule has 1 aromatic heterocycles. The van der Waals surface area contributed by atoms with Gasteiger partial charge in [0.05, 0.1) is 12.3 Å². The number of rotatable bonds is 4. The van der Waals surface area contributed by atoms with Crippen molar-refractivity contribution in [1.82, 2.24) is 0 Å². The Morgan fingerprint density at radius 1 is 1.33 bits per heavy atom. The summed E-state index contributed by atoms with van der Waals surface area (Å²) >= 11 is 1.30. The summed E-state index contributed by atoms with van der Waals surface area (Å²) in [6, 6.07) is 6.20. The van der Waals surface area contributed by atoms with Crippen LogP contribution in [0.3, 0.4) is 0 Å². The Balaban J connectivity index is 2.57. The van der Waals surface area contributed by atoms with Crippen LogP contribution < -0.4 is 5.73 Å². The molecule has 0 spiro atoms. The van der Waals surface area contributed by atoms with Gasteiger partial charge in [0.15, 0.2) is 0 Å². The molecule has 0 aliphatic rings. The number of carbonyl (C=O) groups is 1. The van der Waals surface area contributed by atoms with E-state index in [2.05, 4.69) is 0 Å². The van der Waals surface area contributed by atoms with Crippen LogP contribution in [0.1, 0.15) is 41.9 Å². The van der Waals surface area contributed by atoms with Gasteiger partial charge in [-0.15, -0.1) is 11.3 Å². The minimum atomic E-state index is -0.407. The van der Waals surface area contributed by atoms with Gasteiger partial charge in [-0.1, -0.05) is 26.0 Å². The number of carbonyl (C=O) groups excluding carboxylic acids is 1. The van der Waals surface area contributed by atoms with Crippen molar-refractivity contribution < 1.29 is 13.9 Å².